The third-order valence-electron chi connectivity index (χ3n) is 4.05. The molecule has 1 saturated heterocycles. The molecule has 5 nitrogen and oxygen atoms in total. The van der Waals surface area contributed by atoms with Crippen LogP contribution in [-0.4, -0.2) is 63.8 Å². The molecule has 2 N–H and O–H groups in total. The van der Waals surface area contributed by atoms with E-state index in [-0.39, 0.29) is 0 Å². The summed E-state index contributed by atoms with van der Waals surface area (Å²) >= 11 is 0. The van der Waals surface area contributed by atoms with Gasteiger partial charge in [-0.15, -0.1) is 0 Å². The predicted molar refractivity (Wildman–Crippen MR) is 86.0 cm³/mol. The molecular weight excluding hydrogens is 280 g/mol. The van der Waals surface area contributed by atoms with Crippen LogP contribution in [0, 0.1) is 0 Å². The fourth-order valence-electron chi connectivity index (χ4n) is 2.96. The normalized spacial score (nSPS) is 21.0. The average molecular weight is 306 g/mol. The lowest BCUT2D eigenvalue weighted by Gasteiger charge is -2.42. The Morgan fingerprint density at radius 2 is 1.91 bits per heavy atom. The van der Waals surface area contributed by atoms with Crippen LogP contribution in [0.25, 0.3) is 0 Å². The van der Waals surface area contributed by atoms with Gasteiger partial charge in [0, 0.05) is 38.8 Å². The van der Waals surface area contributed by atoms with Crippen molar-refractivity contribution < 1.29 is 15.0 Å². The van der Waals surface area contributed by atoms with Crippen molar-refractivity contribution in [3.63, 3.8) is 0 Å². The van der Waals surface area contributed by atoms with Crippen LogP contribution in [-0.2, 0) is 6.54 Å². The van der Waals surface area contributed by atoms with E-state index in [4.69, 9.17) is 5.11 Å². The molecule has 122 valence electrons. The van der Waals surface area contributed by atoms with Crippen LogP contribution >= 0.6 is 0 Å². The standard InChI is InChI=1S/C17H26N2O3/c1-13-10-18(8-9-19(13)12-17(2,3)22)11-14-4-6-15(7-5-14)16(20)21/h4-7,13,22H,8-12H2,1-3H3,(H,20,21)/t13-/m1/s1. The molecule has 1 aliphatic rings. The number of carboxylic acid groups (broad SMARTS) is 1. The van der Waals surface area contributed by atoms with Crippen LogP contribution in [0.15, 0.2) is 24.3 Å². The Labute approximate surface area is 132 Å². The van der Waals surface area contributed by atoms with Gasteiger partial charge in [-0.3, -0.25) is 9.80 Å². The van der Waals surface area contributed by atoms with E-state index in [1.807, 2.05) is 26.0 Å². The SMILES string of the molecule is C[C@@H]1CN(Cc2ccc(C(=O)O)cc2)CCN1CC(C)(C)O. The molecule has 0 aliphatic carbocycles. The summed E-state index contributed by atoms with van der Waals surface area (Å²) in [6.45, 7) is 10.3. The molecule has 0 spiro atoms. The average Bonchev–Trinajstić information content (AvgIpc) is 2.41. The van der Waals surface area contributed by atoms with Crippen molar-refractivity contribution in [2.45, 2.75) is 39.0 Å². The van der Waals surface area contributed by atoms with Gasteiger partial charge in [0.15, 0.2) is 0 Å². The number of hydrogen-bond donors (Lipinski definition) is 2. The van der Waals surface area contributed by atoms with Gasteiger partial charge in [-0.1, -0.05) is 12.1 Å². The van der Waals surface area contributed by atoms with Gasteiger partial charge in [0.25, 0.3) is 0 Å². The summed E-state index contributed by atoms with van der Waals surface area (Å²) in [5.74, 6) is -0.889. The summed E-state index contributed by atoms with van der Waals surface area (Å²) in [5.41, 5.74) is 0.795. The first-order chi connectivity index (χ1) is 10.2. The largest absolute Gasteiger partial charge is 0.478 e. The van der Waals surface area contributed by atoms with E-state index in [0.29, 0.717) is 18.2 Å². The summed E-state index contributed by atoms with van der Waals surface area (Å²) in [5, 5.41) is 18.9. The summed E-state index contributed by atoms with van der Waals surface area (Å²) < 4.78 is 0. The Morgan fingerprint density at radius 3 is 2.41 bits per heavy atom. The monoisotopic (exact) mass is 306 g/mol. The predicted octanol–water partition coefficient (Wildman–Crippen LogP) is 1.66. The molecule has 1 aromatic carbocycles. The van der Waals surface area contributed by atoms with Crippen LogP contribution in [0.2, 0.25) is 0 Å². The van der Waals surface area contributed by atoms with Crippen molar-refractivity contribution >= 4 is 5.97 Å². The zero-order valence-corrected chi connectivity index (χ0v) is 13.6. The maximum atomic E-state index is 10.9. The van der Waals surface area contributed by atoms with Crippen LogP contribution in [0.4, 0.5) is 0 Å². The zero-order chi connectivity index (χ0) is 16.3. The Morgan fingerprint density at radius 1 is 1.27 bits per heavy atom. The van der Waals surface area contributed by atoms with E-state index >= 15 is 0 Å². The van der Waals surface area contributed by atoms with E-state index in [9.17, 15) is 9.90 Å². The van der Waals surface area contributed by atoms with Gasteiger partial charge in [-0.05, 0) is 38.5 Å². The molecule has 1 atom stereocenters. The Bertz CT molecular complexity index is 508. The number of aliphatic hydroxyl groups is 1. The van der Waals surface area contributed by atoms with Crippen molar-refractivity contribution in [3.05, 3.63) is 35.4 Å². The molecule has 0 amide bonds. The van der Waals surface area contributed by atoms with Crippen LogP contribution < -0.4 is 0 Å². The summed E-state index contributed by atoms with van der Waals surface area (Å²) in [7, 11) is 0. The number of hydrogen-bond acceptors (Lipinski definition) is 4. The number of rotatable bonds is 5. The van der Waals surface area contributed by atoms with Crippen molar-refractivity contribution in [2.24, 2.45) is 0 Å². The molecule has 0 saturated carbocycles. The third kappa shape index (κ3) is 4.80. The van der Waals surface area contributed by atoms with Crippen LogP contribution in [0.5, 0.6) is 0 Å². The van der Waals surface area contributed by atoms with E-state index in [1.54, 1.807) is 12.1 Å². The minimum absolute atomic E-state index is 0.326. The highest BCUT2D eigenvalue weighted by molar-refractivity contribution is 5.87. The number of aromatic carboxylic acids is 1. The molecule has 1 aliphatic heterocycles. The molecule has 1 aromatic rings. The molecule has 22 heavy (non-hydrogen) atoms. The van der Waals surface area contributed by atoms with E-state index in [1.165, 1.54) is 0 Å². The number of carboxylic acids is 1. The number of β-amino-alcohol motifs (C(OH)–C–C–N with tert-alkyl or cyclic N) is 1. The lowest BCUT2D eigenvalue weighted by atomic mass is 10.1. The minimum Gasteiger partial charge on any atom is -0.478 e. The summed E-state index contributed by atoms with van der Waals surface area (Å²) in [4.78, 5) is 15.6. The smallest absolute Gasteiger partial charge is 0.335 e. The fraction of sp³-hybridized carbons (Fsp3) is 0.588. The summed E-state index contributed by atoms with van der Waals surface area (Å²) in [6, 6.07) is 7.49. The first-order valence-electron chi connectivity index (χ1n) is 7.75. The topological polar surface area (TPSA) is 64.0 Å². The number of piperazine rings is 1. The van der Waals surface area contributed by atoms with E-state index < -0.39 is 11.6 Å². The van der Waals surface area contributed by atoms with Gasteiger partial charge >= 0.3 is 5.97 Å². The first-order valence-corrected chi connectivity index (χ1v) is 7.75. The minimum atomic E-state index is -0.889. The highest BCUT2D eigenvalue weighted by atomic mass is 16.4. The first kappa shape index (κ1) is 16.9. The second-order valence-electron chi connectivity index (χ2n) is 6.87. The second kappa shape index (κ2) is 6.77. The quantitative estimate of drug-likeness (QED) is 0.866. The lowest BCUT2D eigenvalue weighted by molar-refractivity contribution is -0.00507. The third-order valence-corrected chi connectivity index (χ3v) is 4.05. The highest BCUT2D eigenvalue weighted by Crippen LogP contribution is 2.16. The van der Waals surface area contributed by atoms with E-state index in [2.05, 4.69) is 16.7 Å². The van der Waals surface area contributed by atoms with Crippen molar-refractivity contribution in [3.8, 4) is 0 Å². The van der Waals surface area contributed by atoms with Crippen LogP contribution in [0.3, 0.4) is 0 Å². The summed E-state index contributed by atoms with van der Waals surface area (Å²) in [6.07, 6.45) is 0. The molecule has 5 heteroatoms. The molecule has 0 radical (unpaired) electrons. The van der Waals surface area contributed by atoms with Gasteiger partial charge in [-0.2, -0.15) is 0 Å². The van der Waals surface area contributed by atoms with Crippen molar-refractivity contribution in [1.82, 2.24) is 9.80 Å². The molecule has 1 fully saturated rings. The molecule has 0 aromatic heterocycles. The van der Waals surface area contributed by atoms with Crippen LogP contribution in [0.1, 0.15) is 36.7 Å². The van der Waals surface area contributed by atoms with E-state index in [0.717, 1.165) is 31.7 Å². The molecule has 1 heterocycles. The van der Waals surface area contributed by atoms with Crippen molar-refractivity contribution in [1.29, 1.82) is 0 Å². The lowest BCUT2D eigenvalue weighted by Crippen LogP contribution is -2.54. The molecular formula is C17H26N2O3. The number of nitrogens with zero attached hydrogens (tertiary/aromatic N) is 2. The van der Waals surface area contributed by atoms with Crippen molar-refractivity contribution in [2.75, 3.05) is 26.2 Å². The van der Waals surface area contributed by atoms with Gasteiger partial charge in [0.05, 0.1) is 11.2 Å². The molecule has 0 unspecified atom stereocenters. The zero-order valence-electron chi connectivity index (χ0n) is 13.6. The van der Waals surface area contributed by atoms with Gasteiger partial charge in [0.2, 0.25) is 0 Å². The maximum Gasteiger partial charge on any atom is 0.335 e. The number of benzene rings is 1. The fourth-order valence-corrected chi connectivity index (χ4v) is 2.96. The Kier molecular flexibility index (Phi) is 5.21. The van der Waals surface area contributed by atoms with Gasteiger partial charge < -0.3 is 10.2 Å². The van der Waals surface area contributed by atoms with Gasteiger partial charge in [0.1, 0.15) is 0 Å². The molecule has 0 bridgehead atoms. The Balaban J connectivity index is 1.89. The Hall–Kier alpha value is -1.43. The second-order valence-corrected chi connectivity index (χ2v) is 6.87. The highest BCUT2D eigenvalue weighted by Gasteiger charge is 2.27. The molecule has 2 rings (SSSR count). The van der Waals surface area contributed by atoms with Gasteiger partial charge in [-0.25, -0.2) is 4.79 Å². The number of carbonyl (C=O) groups is 1. The maximum absolute atomic E-state index is 10.9.